The number of nitrogens with zero attached hydrogens (tertiary/aromatic N) is 2. The molecule has 0 radical (unpaired) electrons. The minimum absolute atomic E-state index is 0.0860. The van der Waals surface area contributed by atoms with Gasteiger partial charge in [-0.3, -0.25) is 9.79 Å². The van der Waals surface area contributed by atoms with Gasteiger partial charge in [0.05, 0.1) is 6.54 Å². The number of rotatable bonds is 8. The summed E-state index contributed by atoms with van der Waals surface area (Å²) in [5, 5.41) is 7.20. The Labute approximate surface area is 147 Å². The summed E-state index contributed by atoms with van der Waals surface area (Å²) >= 11 is 7.62. The molecule has 0 saturated heterocycles. The number of amides is 1. The van der Waals surface area contributed by atoms with Gasteiger partial charge in [-0.2, -0.15) is 0 Å². The molecule has 1 aromatic rings. The van der Waals surface area contributed by atoms with E-state index in [2.05, 4.69) is 15.6 Å². The van der Waals surface area contributed by atoms with Crippen molar-refractivity contribution in [2.24, 2.45) is 4.99 Å². The van der Waals surface area contributed by atoms with Crippen LogP contribution in [0.2, 0.25) is 5.02 Å². The maximum absolute atomic E-state index is 11.5. The molecule has 1 aromatic carbocycles. The van der Waals surface area contributed by atoms with Crippen LogP contribution in [0.25, 0.3) is 0 Å². The molecule has 0 atom stereocenters. The van der Waals surface area contributed by atoms with Crippen molar-refractivity contribution in [3.8, 4) is 0 Å². The fourth-order valence-electron chi connectivity index (χ4n) is 1.70. The Morgan fingerprint density at radius 3 is 2.57 bits per heavy atom. The normalized spacial score (nSPS) is 11.2. The molecule has 0 aliphatic rings. The van der Waals surface area contributed by atoms with E-state index in [1.54, 1.807) is 30.8 Å². The molecule has 5 nitrogen and oxygen atoms in total. The van der Waals surface area contributed by atoms with E-state index in [0.29, 0.717) is 13.0 Å². The maximum atomic E-state index is 11.5. The van der Waals surface area contributed by atoms with Crippen LogP contribution in [-0.2, 0) is 4.79 Å². The molecule has 2 N–H and O–H groups in total. The SMILES string of the molecule is CCNC(=NCCC(=O)N(C)C)NCCSc1ccc(Cl)cc1. The first-order valence-electron chi connectivity index (χ1n) is 7.63. The van der Waals surface area contributed by atoms with Gasteiger partial charge >= 0.3 is 0 Å². The van der Waals surface area contributed by atoms with Crippen LogP contribution in [0.5, 0.6) is 0 Å². The summed E-state index contributed by atoms with van der Waals surface area (Å²) in [6.45, 7) is 4.08. The lowest BCUT2D eigenvalue weighted by Gasteiger charge is -2.12. The molecule has 0 bridgehead atoms. The van der Waals surface area contributed by atoms with Crippen LogP contribution in [0.4, 0.5) is 0 Å². The fraction of sp³-hybridized carbons (Fsp3) is 0.500. The van der Waals surface area contributed by atoms with Crippen LogP contribution < -0.4 is 10.6 Å². The molecule has 7 heteroatoms. The van der Waals surface area contributed by atoms with Gasteiger partial charge in [-0.05, 0) is 31.2 Å². The molecule has 0 heterocycles. The zero-order valence-electron chi connectivity index (χ0n) is 13.9. The Morgan fingerprint density at radius 1 is 1.26 bits per heavy atom. The van der Waals surface area contributed by atoms with E-state index in [-0.39, 0.29) is 5.91 Å². The van der Waals surface area contributed by atoms with E-state index in [4.69, 9.17) is 11.6 Å². The van der Waals surface area contributed by atoms with Crippen molar-refractivity contribution in [3.05, 3.63) is 29.3 Å². The van der Waals surface area contributed by atoms with Crippen molar-refractivity contribution >= 4 is 35.2 Å². The van der Waals surface area contributed by atoms with Gasteiger partial charge in [0.2, 0.25) is 5.91 Å². The van der Waals surface area contributed by atoms with E-state index in [1.807, 2.05) is 31.2 Å². The second-order valence-electron chi connectivity index (χ2n) is 5.03. The van der Waals surface area contributed by atoms with Crippen LogP contribution in [-0.4, -0.2) is 56.2 Å². The van der Waals surface area contributed by atoms with Gasteiger partial charge in [0.25, 0.3) is 0 Å². The third-order valence-corrected chi connectivity index (χ3v) is 4.18. The maximum Gasteiger partial charge on any atom is 0.223 e. The van der Waals surface area contributed by atoms with Crippen molar-refractivity contribution in [1.82, 2.24) is 15.5 Å². The summed E-state index contributed by atoms with van der Waals surface area (Å²) in [4.78, 5) is 18.7. The number of hydrogen-bond acceptors (Lipinski definition) is 3. The summed E-state index contributed by atoms with van der Waals surface area (Å²) in [7, 11) is 3.51. The molecule has 0 aliphatic carbocycles. The molecule has 0 aromatic heterocycles. The number of hydrogen-bond donors (Lipinski definition) is 2. The van der Waals surface area contributed by atoms with Crippen molar-refractivity contribution in [3.63, 3.8) is 0 Å². The van der Waals surface area contributed by atoms with E-state index in [9.17, 15) is 4.79 Å². The van der Waals surface area contributed by atoms with Gasteiger partial charge in [-0.1, -0.05) is 11.6 Å². The quantitative estimate of drug-likeness (QED) is 0.325. The molecular formula is C16H25ClN4OS. The summed E-state index contributed by atoms with van der Waals surface area (Å²) in [5.74, 6) is 1.75. The average Bonchev–Trinajstić information content (AvgIpc) is 2.52. The third-order valence-electron chi connectivity index (χ3n) is 2.92. The van der Waals surface area contributed by atoms with Crippen molar-refractivity contribution in [1.29, 1.82) is 0 Å². The molecule has 0 aliphatic heterocycles. The van der Waals surface area contributed by atoms with Gasteiger partial charge in [0, 0.05) is 49.3 Å². The highest BCUT2D eigenvalue weighted by molar-refractivity contribution is 7.99. The van der Waals surface area contributed by atoms with E-state index in [0.717, 1.165) is 29.8 Å². The zero-order chi connectivity index (χ0) is 17.1. The molecular weight excluding hydrogens is 332 g/mol. The molecule has 1 rings (SSSR count). The number of guanidine groups is 1. The summed E-state index contributed by atoms with van der Waals surface area (Å²) in [5.41, 5.74) is 0. The lowest BCUT2D eigenvalue weighted by molar-refractivity contribution is -0.128. The highest BCUT2D eigenvalue weighted by Crippen LogP contribution is 2.19. The van der Waals surface area contributed by atoms with Crippen LogP contribution in [0.1, 0.15) is 13.3 Å². The van der Waals surface area contributed by atoms with Crippen LogP contribution >= 0.6 is 23.4 Å². The third kappa shape index (κ3) is 8.71. The van der Waals surface area contributed by atoms with Crippen LogP contribution in [0.3, 0.4) is 0 Å². The van der Waals surface area contributed by atoms with Crippen molar-refractivity contribution in [2.75, 3.05) is 39.5 Å². The first-order valence-corrected chi connectivity index (χ1v) is 9.00. The number of thioether (sulfide) groups is 1. The Balaban J connectivity index is 2.31. The number of benzene rings is 1. The number of aliphatic imine (C=N–C) groups is 1. The molecule has 128 valence electrons. The lowest BCUT2D eigenvalue weighted by Crippen LogP contribution is -2.38. The lowest BCUT2D eigenvalue weighted by atomic mass is 10.4. The topological polar surface area (TPSA) is 56.7 Å². The predicted octanol–water partition coefficient (Wildman–Crippen LogP) is 2.47. The largest absolute Gasteiger partial charge is 0.357 e. The number of nitrogens with one attached hydrogen (secondary N) is 2. The molecule has 23 heavy (non-hydrogen) atoms. The van der Waals surface area contributed by atoms with Gasteiger partial charge in [0.1, 0.15) is 0 Å². The monoisotopic (exact) mass is 356 g/mol. The molecule has 1 amide bonds. The predicted molar refractivity (Wildman–Crippen MR) is 99.5 cm³/mol. The molecule has 0 fully saturated rings. The Morgan fingerprint density at radius 2 is 1.96 bits per heavy atom. The average molecular weight is 357 g/mol. The number of carbonyl (C=O) groups is 1. The van der Waals surface area contributed by atoms with Gasteiger partial charge in [-0.25, -0.2) is 0 Å². The highest BCUT2D eigenvalue weighted by atomic mass is 35.5. The van der Waals surface area contributed by atoms with Crippen molar-refractivity contribution < 1.29 is 4.79 Å². The number of carbonyl (C=O) groups excluding carboxylic acids is 1. The summed E-state index contributed by atoms with van der Waals surface area (Å²) in [6.07, 6.45) is 0.420. The van der Waals surface area contributed by atoms with Gasteiger partial charge < -0.3 is 15.5 Å². The Kier molecular flexibility index (Phi) is 9.55. The van der Waals surface area contributed by atoms with E-state index < -0.39 is 0 Å². The summed E-state index contributed by atoms with van der Waals surface area (Å²) in [6, 6.07) is 7.81. The molecule has 0 unspecified atom stereocenters. The fourth-order valence-corrected chi connectivity index (χ4v) is 2.59. The van der Waals surface area contributed by atoms with Gasteiger partial charge in [-0.15, -0.1) is 11.8 Å². The standard InChI is InChI=1S/C16H25ClN4OS/c1-4-18-16(19-10-9-15(22)21(2)3)20-11-12-23-14-7-5-13(17)6-8-14/h5-8H,4,9-12H2,1-3H3,(H2,18,19,20). The second-order valence-corrected chi connectivity index (χ2v) is 6.63. The first kappa shape index (κ1) is 19.6. The number of halogens is 1. The van der Waals surface area contributed by atoms with Crippen LogP contribution in [0.15, 0.2) is 34.2 Å². The van der Waals surface area contributed by atoms with E-state index in [1.165, 1.54) is 4.90 Å². The van der Waals surface area contributed by atoms with Crippen molar-refractivity contribution in [2.45, 2.75) is 18.2 Å². The molecule has 0 saturated carbocycles. The summed E-state index contributed by atoms with van der Waals surface area (Å²) < 4.78 is 0. The van der Waals surface area contributed by atoms with Crippen LogP contribution in [0, 0.1) is 0 Å². The van der Waals surface area contributed by atoms with Gasteiger partial charge in [0.15, 0.2) is 5.96 Å². The minimum Gasteiger partial charge on any atom is -0.357 e. The van der Waals surface area contributed by atoms with E-state index >= 15 is 0 Å². The zero-order valence-corrected chi connectivity index (χ0v) is 15.5. The first-order chi connectivity index (χ1) is 11.0. The second kappa shape index (κ2) is 11.2. The minimum atomic E-state index is 0.0860. The Hall–Kier alpha value is -1.40. The highest BCUT2D eigenvalue weighted by Gasteiger charge is 2.03. The molecule has 0 spiro atoms. The smallest absolute Gasteiger partial charge is 0.223 e. The Bertz CT molecular complexity index is 505.